The summed E-state index contributed by atoms with van der Waals surface area (Å²) in [5.41, 5.74) is -0.317. The molecule has 7 heteroatoms. The largest absolute Gasteiger partial charge is 0.492 e. The van der Waals surface area contributed by atoms with Crippen LogP contribution in [0.5, 0.6) is 5.75 Å². The number of carboxylic acids is 1. The van der Waals surface area contributed by atoms with Gasteiger partial charge in [-0.15, -0.1) is 0 Å². The first-order chi connectivity index (χ1) is 9.06. The highest BCUT2D eigenvalue weighted by Crippen LogP contribution is 2.25. The topological polar surface area (TPSA) is 110 Å². The summed E-state index contributed by atoms with van der Waals surface area (Å²) in [5.74, 6) is -1.20. The third-order valence-electron chi connectivity index (χ3n) is 2.47. The van der Waals surface area contributed by atoms with Crippen molar-refractivity contribution in [3.8, 4) is 5.75 Å². The number of carbonyl (C=O) groups is 1. The van der Waals surface area contributed by atoms with E-state index in [-0.39, 0.29) is 30.2 Å². The maximum Gasteiger partial charge on any atom is 0.339 e. The standard InChI is InChI=1S/C12H15NO6/c14-6-2-1-3-7-19-11-8-9(13(17)18)4-5-10(11)12(15)16/h4-5,8,14H,1-3,6-7H2,(H,15,16). The number of hydrogen-bond acceptors (Lipinski definition) is 5. The van der Waals surface area contributed by atoms with E-state index < -0.39 is 10.9 Å². The maximum absolute atomic E-state index is 11.0. The van der Waals surface area contributed by atoms with Gasteiger partial charge < -0.3 is 14.9 Å². The second-order valence-electron chi connectivity index (χ2n) is 3.88. The van der Waals surface area contributed by atoms with Crippen molar-refractivity contribution in [2.45, 2.75) is 19.3 Å². The number of ether oxygens (including phenoxy) is 1. The number of aliphatic hydroxyl groups is 1. The van der Waals surface area contributed by atoms with Gasteiger partial charge in [-0.2, -0.15) is 0 Å². The smallest absolute Gasteiger partial charge is 0.339 e. The van der Waals surface area contributed by atoms with Crippen LogP contribution in [0.1, 0.15) is 29.6 Å². The molecule has 0 aliphatic rings. The number of nitrogens with zero attached hydrogens (tertiary/aromatic N) is 1. The normalized spacial score (nSPS) is 10.2. The number of carboxylic acid groups (broad SMARTS) is 1. The molecule has 19 heavy (non-hydrogen) atoms. The zero-order valence-electron chi connectivity index (χ0n) is 10.2. The lowest BCUT2D eigenvalue weighted by Gasteiger charge is -2.08. The summed E-state index contributed by atoms with van der Waals surface area (Å²) in [6.45, 7) is 0.346. The lowest BCUT2D eigenvalue weighted by Crippen LogP contribution is -2.05. The highest BCUT2D eigenvalue weighted by Gasteiger charge is 2.16. The molecule has 0 aliphatic heterocycles. The number of aromatic carboxylic acids is 1. The number of unbranched alkanes of at least 4 members (excludes halogenated alkanes) is 2. The van der Waals surface area contributed by atoms with Crippen molar-refractivity contribution >= 4 is 11.7 Å². The van der Waals surface area contributed by atoms with Gasteiger partial charge >= 0.3 is 5.97 Å². The SMILES string of the molecule is O=C(O)c1ccc([N+](=O)[O-])cc1OCCCCCO. The first-order valence-electron chi connectivity index (χ1n) is 5.81. The van der Waals surface area contributed by atoms with Gasteiger partial charge in [0.25, 0.3) is 5.69 Å². The van der Waals surface area contributed by atoms with Crippen LogP contribution in [0.4, 0.5) is 5.69 Å². The molecule has 1 aromatic rings. The van der Waals surface area contributed by atoms with E-state index in [0.29, 0.717) is 12.8 Å². The molecule has 0 aromatic heterocycles. The minimum Gasteiger partial charge on any atom is -0.492 e. The van der Waals surface area contributed by atoms with Crippen molar-refractivity contribution in [3.63, 3.8) is 0 Å². The highest BCUT2D eigenvalue weighted by molar-refractivity contribution is 5.91. The van der Waals surface area contributed by atoms with E-state index in [1.807, 2.05) is 0 Å². The molecule has 0 bridgehead atoms. The predicted octanol–water partition coefficient (Wildman–Crippen LogP) is 1.83. The fourth-order valence-electron chi connectivity index (χ4n) is 1.49. The molecule has 0 unspecified atom stereocenters. The molecule has 0 amide bonds. The Morgan fingerprint density at radius 1 is 1.32 bits per heavy atom. The average molecular weight is 269 g/mol. The molecule has 0 fully saturated rings. The van der Waals surface area contributed by atoms with Gasteiger partial charge in [-0.25, -0.2) is 4.79 Å². The third kappa shape index (κ3) is 4.55. The van der Waals surface area contributed by atoms with Gasteiger partial charge in [-0.1, -0.05) is 0 Å². The first kappa shape index (κ1) is 14.9. The summed E-state index contributed by atoms with van der Waals surface area (Å²) in [4.78, 5) is 21.0. The van der Waals surface area contributed by atoms with Crippen molar-refractivity contribution in [2.75, 3.05) is 13.2 Å². The number of rotatable bonds is 8. The van der Waals surface area contributed by atoms with Crippen LogP contribution in [0, 0.1) is 10.1 Å². The fraction of sp³-hybridized carbons (Fsp3) is 0.417. The summed E-state index contributed by atoms with van der Waals surface area (Å²) >= 11 is 0. The maximum atomic E-state index is 11.0. The van der Waals surface area contributed by atoms with Gasteiger partial charge in [-0.05, 0) is 25.3 Å². The summed E-state index contributed by atoms with van der Waals surface area (Å²) in [7, 11) is 0. The molecule has 7 nitrogen and oxygen atoms in total. The Morgan fingerprint density at radius 2 is 2.05 bits per heavy atom. The Bertz CT molecular complexity index is 460. The number of nitro benzene ring substituents is 1. The summed E-state index contributed by atoms with van der Waals surface area (Å²) < 4.78 is 5.27. The molecule has 0 heterocycles. The Kier molecular flexibility index (Phi) is 5.74. The molecule has 104 valence electrons. The molecular formula is C12H15NO6. The Morgan fingerprint density at radius 3 is 2.63 bits per heavy atom. The second kappa shape index (κ2) is 7.32. The van der Waals surface area contributed by atoms with E-state index in [1.165, 1.54) is 0 Å². The van der Waals surface area contributed by atoms with Gasteiger partial charge in [0.05, 0.1) is 17.6 Å². The van der Waals surface area contributed by atoms with Crippen LogP contribution in [0.25, 0.3) is 0 Å². The molecule has 1 rings (SSSR count). The van der Waals surface area contributed by atoms with Gasteiger partial charge in [0.15, 0.2) is 0 Å². The Balaban J connectivity index is 2.74. The fourth-order valence-corrected chi connectivity index (χ4v) is 1.49. The van der Waals surface area contributed by atoms with Crippen LogP contribution < -0.4 is 4.74 Å². The second-order valence-corrected chi connectivity index (χ2v) is 3.88. The van der Waals surface area contributed by atoms with Crippen LogP contribution in [0.15, 0.2) is 18.2 Å². The van der Waals surface area contributed by atoms with Gasteiger partial charge in [-0.3, -0.25) is 10.1 Å². The van der Waals surface area contributed by atoms with E-state index in [0.717, 1.165) is 24.6 Å². The summed E-state index contributed by atoms with van der Waals surface area (Å²) in [6.07, 6.45) is 2.03. The molecule has 0 saturated carbocycles. The Labute approximate surface area is 109 Å². The van der Waals surface area contributed by atoms with Crippen molar-refractivity contribution < 1.29 is 24.7 Å². The predicted molar refractivity (Wildman–Crippen MR) is 66.5 cm³/mol. The minimum absolute atomic E-state index is 0.00861. The van der Waals surface area contributed by atoms with Crippen LogP contribution in [-0.2, 0) is 0 Å². The monoisotopic (exact) mass is 269 g/mol. The van der Waals surface area contributed by atoms with Crippen LogP contribution in [-0.4, -0.2) is 34.3 Å². The van der Waals surface area contributed by atoms with E-state index in [2.05, 4.69) is 0 Å². The zero-order chi connectivity index (χ0) is 14.3. The lowest BCUT2D eigenvalue weighted by atomic mass is 10.2. The van der Waals surface area contributed by atoms with Crippen LogP contribution >= 0.6 is 0 Å². The number of nitro groups is 1. The number of benzene rings is 1. The van der Waals surface area contributed by atoms with Crippen molar-refractivity contribution in [3.05, 3.63) is 33.9 Å². The highest BCUT2D eigenvalue weighted by atomic mass is 16.6. The quantitative estimate of drug-likeness (QED) is 0.423. The molecule has 0 spiro atoms. The van der Waals surface area contributed by atoms with Crippen LogP contribution in [0.3, 0.4) is 0 Å². The summed E-state index contributed by atoms with van der Waals surface area (Å²) in [5, 5.41) is 28.2. The number of aliphatic hydroxyl groups excluding tert-OH is 1. The van der Waals surface area contributed by atoms with E-state index in [1.54, 1.807) is 0 Å². The molecule has 2 N–H and O–H groups in total. The molecular weight excluding hydrogens is 254 g/mol. The van der Waals surface area contributed by atoms with Crippen molar-refractivity contribution in [1.29, 1.82) is 0 Å². The first-order valence-corrected chi connectivity index (χ1v) is 5.81. The Hall–Kier alpha value is -2.15. The zero-order valence-corrected chi connectivity index (χ0v) is 10.2. The minimum atomic E-state index is -1.19. The molecule has 0 atom stereocenters. The molecule has 0 radical (unpaired) electrons. The van der Waals surface area contributed by atoms with Crippen molar-refractivity contribution in [2.24, 2.45) is 0 Å². The van der Waals surface area contributed by atoms with E-state index in [4.69, 9.17) is 14.9 Å². The van der Waals surface area contributed by atoms with E-state index >= 15 is 0 Å². The summed E-state index contributed by atoms with van der Waals surface area (Å²) in [6, 6.07) is 3.39. The van der Waals surface area contributed by atoms with E-state index in [9.17, 15) is 14.9 Å². The number of non-ortho nitro benzene ring substituents is 1. The van der Waals surface area contributed by atoms with Gasteiger partial charge in [0, 0.05) is 12.7 Å². The average Bonchev–Trinajstić information content (AvgIpc) is 2.38. The van der Waals surface area contributed by atoms with Crippen molar-refractivity contribution in [1.82, 2.24) is 0 Å². The molecule has 0 saturated heterocycles. The number of hydrogen-bond donors (Lipinski definition) is 2. The molecule has 1 aromatic carbocycles. The van der Waals surface area contributed by atoms with Gasteiger partial charge in [0.1, 0.15) is 11.3 Å². The third-order valence-corrected chi connectivity index (χ3v) is 2.47. The lowest BCUT2D eigenvalue weighted by molar-refractivity contribution is -0.384. The molecule has 0 aliphatic carbocycles. The van der Waals surface area contributed by atoms with Gasteiger partial charge in [0.2, 0.25) is 0 Å². The van der Waals surface area contributed by atoms with Crippen LogP contribution in [0.2, 0.25) is 0 Å².